The van der Waals surface area contributed by atoms with E-state index in [4.69, 9.17) is 4.74 Å². The Kier molecular flexibility index (Phi) is 5.96. The van der Waals surface area contributed by atoms with Crippen LogP contribution in [0.5, 0.6) is 5.75 Å². The van der Waals surface area contributed by atoms with Crippen LogP contribution in [0, 0.1) is 17.7 Å². The van der Waals surface area contributed by atoms with Crippen LogP contribution in [-0.2, 0) is 9.59 Å². The molecule has 0 bridgehead atoms. The van der Waals surface area contributed by atoms with E-state index >= 15 is 0 Å². The summed E-state index contributed by atoms with van der Waals surface area (Å²) >= 11 is 0. The maximum Gasteiger partial charge on any atom is 0.260 e. The summed E-state index contributed by atoms with van der Waals surface area (Å²) in [6.07, 6.45) is 0.942. The lowest BCUT2D eigenvalue weighted by Crippen LogP contribution is -2.56. The van der Waals surface area contributed by atoms with Gasteiger partial charge in [-0.2, -0.15) is 0 Å². The highest BCUT2D eigenvalue weighted by atomic mass is 19.1. The first-order chi connectivity index (χ1) is 11.0. The second-order valence-electron chi connectivity index (χ2n) is 6.19. The third-order valence-corrected chi connectivity index (χ3v) is 3.81. The van der Waals surface area contributed by atoms with E-state index in [2.05, 4.69) is 19.2 Å². The monoisotopic (exact) mass is 322 g/mol. The Morgan fingerprint density at radius 3 is 2.70 bits per heavy atom. The number of ether oxygens (including phenoxy) is 1. The quantitative estimate of drug-likeness (QED) is 0.833. The zero-order valence-electron chi connectivity index (χ0n) is 13.5. The lowest BCUT2D eigenvalue weighted by molar-refractivity contribution is -0.144. The standard InChI is InChI=1S/C17H23FN2O3/c1-12(2)7-8-19-17(22)13-9-20(10-13)16(21)11-23-15-6-4-3-5-14(15)18/h3-6,12-13H,7-11H2,1-2H3,(H,19,22). The van der Waals surface area contributed by atoms with E-state index < -0.39 is 5.82 Å². The number of likely N-dealkylation sites (tertiary alicyclic amines) is 1. The van der Waals surface area contributed by atoms with Crippen molar-refractivity contribution in [2.24, 2.45) is 11.8 Å². The van der Waals surface area contributed by atoms with Gasteiger partial charge in [-0.15, -0.1) is 0 Å². The molecule has 1 fully saturated rings. The number of benzene rings is 1. The SMILES string of the molecule is CC(C)CCNC(=O)C1CN(C(=O)COc2ccccc2F)C1. The molecule has 1 aliphatic heterocycles. The topological polar surface area (TPSA) is 58.6 Å². The molecule has 126 valence electrons. The van der Waals surface area contributed by atoms with Gasteiger partial charge in [-0.1, -0.05) is 26.0 Å². The molecule has 6 heteroatoms. The number of amides is 2. The average molecular weight is 322 g/mol. The number of halogens is 1. The summed E-state index contributed by atoms with van der Waals surface area (Å²) in [6.45, 7) is 5.44. The molecule has 1 aliphatic rings. The minimum atomic E-state index is -0.494. The largest absolute Gasteiger partial charge is 0.481 e. The van der Waals surface area contributed by atoms with Gasteiger partial charge in [0.25, 0.3) is 5.91 Å². The zero-order chi connectivity index (χ0) is 16.8. The van der Waals surface area contributed by atoms with Crippen molar-refractivity contribution in [3.8, 4) is 5.75 Å². The van der Waals surface area contributed by atoms with Gasteiger partial charge in [0.1, 0.15) is 0 Å². The Morgan fingerprint density at radius 1 is 1.35 bits per heavy atom. The van der Waals surface area contributed by atoms with Crippen molar-refractivity contribution in [3.05, 3.63) is 30.1 Å². The average Bonchev–Trinajstić information content (AvgIpc) is 2.44. The van der Waals surface area contributed by atoms with E-state index in [9.17, 15) is 14.0 Å². The smallest absolute Gasteiger partial charge is 0.260 e. The Labute approximate surface area is 135 Å². The van der Waals surface area contributed by atoms with Crippen molar-refractivity contribution < 1.29 is 18.7 Å². The lowest BCUT2D eigenvalue weighted by Gasteiger charge is -2.38. The van der Waals surface area contributed by atoms with Crippen molar-refractivity contribution in [2.45, 2.75) is 20.3 Å². The number of nitrogens with zero attached hydrogens (tertiary/aromatic N) is 1. The van der Waals surface area contributed by atoms with Crippen LogP contribution in [0.2, 0.25) is 0 Å². The molecule has 0 unspecified atom stereocenters. The molecule has 1 heterocycles. The van der Waals surface area contributed by atoms with Crippen LogP contribution in [-0.4, -0.2) is 43.0 Å². The summed E-state index contributed by atoms with van der Waals surface area (Å²) in [5.74, 6) is -0.287. The first kappa shape index (κ1) is 17.2. The van der Waals surface area contributed by atoms with Gasteiger partial charge in [0.2, 0.25) is 5.91 Å². The predicted molar refractivity (Wildman–Crippen MR) is 84.4 cm³/mol. The molecule has 0 spiro atoms. The lowest BCUT2D eigenvalue weighted by atomic mass is 9.99. The van der Waals surface area contributed by atoms with E-state index in [1.54, 1.807) is 17.0 Å². The normalized spacial score (nSPS) is 14.5. The van der Waals surface area contributed by atoms with Crippen molar-refractivity contribution in [1.29, 1.82) is 0 Å². The van der Waals surface area contributed by atoms with Gasteiger partial charge in [0.15, 0.2) is 18.2 Å². The van der Waals surface area contributed by atoms with Crippen LogP contribution in [0.1, 0.15) is 20.3 Å². The number of para-hydroxylation sites is 1. The van der Waals surface area contributed by atoms with Gasteiger partial charge in [0.05, 0.1) is 5.92 Å². The van der Waals surface area contributed by atoms with Crippen LogP contribution < -0.4 is 10.1 Å². The second kappa shape index (κ2) is 7.94. The minimum absolute atomic E-state index is 0.00952. The Bertz CT molecular complexity index is 557. The molecule has 1 aromatic rings. The van der Waals surface area contributed by atoms with Gasteiger partial charge >= 0.3 is 0 Å². The van der Waals surface area contributed by atoms with Crippen LogP contribution in [0.25, 0.3) is 0 Å². The Morgan fingerprint density at radius 2 is 2.04 bits per heavy atom. The highest BCUT2D eigenvalue weighted by Gasteiger charge is 2.35. The van der Waals surface area contributed by atoms with Gasteiger partial charge in [-0.25, -0.2) is 4.39 Å². The number of carbonyl (C=O) groups is 2. The summed E-state index contributed by atoms with van der Waals surface area (Å²) in [6, 6.07) is 5.96. The molecule has 0 radical (unpaired) electrons. The molecular formula is C17H23FN2O3. The van der Waals surface area contributed by atoms with E-state index in [1.807, 2.05) is 0 Å². The summed E-state index contributed by atoms with van der Waals surface area (Å²) in [5, 5.41) is 2.88. The van der Waals surface area contributed by atoms with Crippen LogP contribution in [0.4, 0.5) is 4.39 Å². The molecule has 0 atom stereocenters. The summed E-state index contributed by atoms with van der Waals surface area (Å²) in [4.78, 5) is 25.3. The fraction of sp³-hybridized carbons (Fsp3) is 0.529. The highest BCUT2D eigenvalue weighted by molar-refractivity contribution is 5.85. The van der Waals surface area contributed by atoms with Crippen molar-refractivity contribution in [1.82, 2.24) is 10.2 Å². The minimum Gasteiger partial charge on any atom is -0.481 e. The Balaban J connectivity index is 1.67. The molecule has 1 saturated heterocycles. The zero-order valence-corrected chi connectivity index (χ0v) is 13.5. The predicted octanol–water partition coefficient (Wildman–Crippen LogP) is 1.83. The van der Waals surface area contributed by atoms with E-state index in [1.165, 1.54) is 12.1 Å². The van der Waals surface area contributed by atoms with Gasteiger partial charge in [-0.05, 0) is 24.5 Å². The Hall–Kier alpha value is -2.11. The molecule has 1 N–H and O–H groups in total. The van der Waals surface area contributed by atoms with E-state index in [-0.39, 0.29) is 30.1 Å². The van der Waals surface area contributed by atoms with Crippen molar-refractivity contribution in [3.63, 3.8) is 0 Å². The number of nitrogens with one attached hydrogen (secondary N) is 1. The third kappa shape index (κ3) is 4.94. The highest BCUT2D eigenvalue weighted by Crippen LogP contribution is 2.18. The fourth-order valence-corrected chi connectivity index (χ4v) is 2.27. The number of hydrogen-bond acceptors (Lipinski definition) is 3. The summed E-state index contributed by atoms with van der Waals surface area (Å²) in [5.41, 5.74) is 0. The second-order valence-corrected chi connectivity index (χ2v) is 6.19. The van der Waals surface area contributed by atoms with Gasteiger partial charge in [0, 0.05) is 19.6 Å². The molecule has 0 aromatic heterocycles. The van der Waals surface area contributed by atoms with Gasteiger partial charge in [-0.3, -0.25) is 9.59 Å². The van der Waals surface area contributed by atoms with Crippen molar-refractivity contribution >= 4 is 11.8 Å². The molecule has 0 aliphatic carbocycles. The summed E-state index contributed by atoms with van der Waals surface area (Å²) in [7, 11) is 0. The van der Waals surface area contributed by atoms with Gasteiger partial charge < -0.3 is 15.0 Å². The summed E-state index contributed by atoms with van der Waals surface area (Å²) < 4.78 is 18.6. The number of rotatable bonds is 7. The third-order valence-electron chi connectivity index (χ3n) is 3.81. The molecule has 1 aromatic carbocycles. The molecule has 2 rings (SSSR count). The molecular weight excluding hydrogens is 299 g/mol. The maximum atomic E-state index is 13.4. The molecule has 5 nitrogen and oxygen atoms in total. The van der Waals surface area contributed by atoms with E-state index in [0.717, 1.165) is 6.42 Å². The van der Waals surface area contributed by atoms with Crippen molar-refractivity contribution in [2.75, 3.05) is 26.2 Å². The first-order valence-corrected chi connectivity index (χ1v) is 7.90. The maximum absolute atomic E-state index is 13.4. The molecule has 23 heavy (non-hydrogen) atoms. The molecule has 2 amide bonds. The van der Waals surface area contributed by atoms with Crippen LogP contribution in [0.15, 0.2) is 24.3 Å². The van der Waals surface area contributed by atoms with E-state index in [0.29, 0.717) is 25.6 Å². The number of carbonyl (C=O) groups excluding carboxylic acids is 2. The van der Waals surface area contributed by atoms with Crippen LogP contribution >= 0.6 is 0 Å². The molecule has 0 saturated carbocycles. The fourth-order valence-electron chi connectivity index (χ4n) is 2.27. The number of hydrogen-bond donors (Lipinski definition) is 1. The van der Waals surface area contributed by atoms with Crippen LogP contribution in [0.3, 0.4) is 0 Å². The first-order valence-electron chi connectivity index (χ1n) is 7.90.